The van der Waals surface area contributed by atoms with E-state index in [1.165, 1.54) is 6.07 Å². The van der Waals surface area contributed by atoms with Crippen LogP contribution in [-0.4, -0.2) is 25.7 Å². The van der Waals surface area contributed by atoms with Crippen molar-refractivity contribution < 1.29 is 13.9 Å². The lowest BCUT2D eigenvalue weighted by molar-refractivity contribution is 0.0523. The molecule has 0 aliphatic rings. The van der Waals surface area contributed by atoms with Crippen LogP contribution in [0.4, 0.5) is 5.69 Å². The van der Waals surface area contributed by atoms with Crippen LogP contribution in [0, 0.1) is 0 Å². The van der Waals surface area contributed by atoms with Crippen LogP contribution in [0.2, 0.25) is 0 Å². The Morgan fingerprint density at radius 1 is 1.35 bits per heavy atom. The zero-order valence-electron chi connectivity index (χ0n) is 10.4. The number of anilines is 1. The Bertz CT molecular complexity index is 434. The molecule has 0 saturated heterocycles. The van der Waals surface area contributed by atoms with Gasteiger partial charge in [-0.1, -0.05) is 0 Å². The van der Waals surface area contributed by atoms with Crippen molar-refractivity contribution in [2.45, 2.75) is 20.8 Å². The first-order valence-corrected chi connectivity index (χ1v) is 5.68. The Balaban J connectivity index is 3.10. The van der Waals surface area contributed by atoms with Crippen LogP contribution in [0.3, 0.4) is 0 Å². The molecular formula is C12H17NO4. The Morgan fingerprint density at radius 3 is 2.53 bits per heavy atom. The lowest BCUT2D eigenvalue weighted by Gasteiger charge is -2.19. The molecule has 0 spiro atoms. The maximum absolute atomic E-state index is 11.6. The fourth-order valence-corrected chi connectivity index (χ4v) is 1.52. The van der Waals surface area contributed by atoms with Crippen LogP contribution >= 0.6 is 0 Å². The van der Waals surface area contributed by atoms with Gasteiger partial charge in [-0.15, -0.1) is 0 Å². The predicted molar refractivity (Wildman–Crippen MR) is 64.5 cm³/mol. The molecule has 0 saturated carbocycles. The van der Waals surface area contributed by atoms with E-state index in [0.717, 1.165) is 6.26 Å². The summed E-state index contributed by atoms with van der Waals surface area (Å²) < 4.78 is 9.69. The van der Waals surface area contributed by atoms with Crippen molar-refractivity contribution in [2.75, 3.05) is 24.6 Å². The highest BCUT2D eigenvalue weighted by Gasteiger charge is 2.14. The highest BCUT2D eigenvalue weighted by atomic mass is 16.5. The van der Waals surface area contributed by atoms with Crippen LogP contribution in [0.5, 0.6) is 0 Å². The van der Waals surface area contributed by atoms with E-state index in [1.54, 1.807) is 6.92 Å². The molecule has 0 atom stereocenters. The number of hydrogen-bond acceptors (Lipinski definition) is 5. The van der Waals surface area contributed by atoms with Gasteiger partial charge in [-0.3, -0.25) is 0 Å². The molecule has 0 aliphatic carbocycles. The van der Waals surface area contributed by atoms with Gasteiger partial charge in [0.1, 0.15) is 12.0 Å². The number of carbonyl (C=O) groups excluding carboxylic acids is 1. The smallest absolute Gasteiger partial charge is 0.359 e. The van der Waals surface area contributed by atoms with Crippen LogP contribution < -0.4 is 10.5 Å². The van der Waals surface area contributed by atoms with E-state index in [2.05, 4.69) is 0 Å². The number of esters is 1. The van der Waals surface area contributed by atoms with E-state index < -0.39 is 11.6 Å². The minimum absolute atomic E-state index is 0.258. The number of nitrogens with zero attached hydrogens (tertiary/aromatic N) is 1. The molecule has 5 nitrogen and oxygen atoms in total. The number of ether oxygens (including phenoxy) is 1. The fourth-order valence-electron chi connectivity index (χ4n) is 1.52. The molecule has 1 heterocycles. The van der Waals surface area contributed by atoms with Gasteiger partial charge in [-0.25, -0.2) is 9.59 Å². The van der Waals surface area contributed by atoms with Gasteiger partial charge < -0.3 is 14.1 Å². The second kappa shape index (κ2) is 6.08. The summed E-state index contributed by atoms with van der Waals surface area (Å²) in [6.07, 6.45) is 1.13. The van der Waals surface area contributed by atoms with E-state index in [4.69, 9.17) is 9.15 Å². The topological polar surface area (TPSA) is 59.8 Å². The summed E-state index contributed by atoms with van der Waals surface area (Å²) in [4.78, 5) is 24.9. The molecule has 5 heteroatoms. The van der Waals surface area contributed by atoms with Gasteiger partial charge in [-0.05, 0) is 26.8 Å². The first-order chi connectivity index (χ1) is 8.13. The van der Waals surface area contributed by atoms with Crippen molar-refractivity contribution in [1.29, 1.82) is 0 Å². The Labute approximate surface area is 100.0 Å². The minimum Gasteiger partial charge on any atom is -0.462 e. The van der Waals surface area contributed by atoms with Crippen molar-refractivity contribution in [3.8, 4) is 0 Å². The third kappa shape index (κ3) is 3.09. The van der Waals surface area contributed by atoms with Crippen LogP contribution in [0.1, 0.15) is 31.1 Å². The van der Waals surface area contributed by atoms with Gasteiger partial charge in [0.2, 0.25) is 0 Å². The zero-order chi connectivity index (χ0) is 12.8. The molecular weight excluding hydrogens is 222 g/mol. The molecule has 0 fully saturated rings. The van der Waals surface area contributed by atoms with Crippen molar-refractivity contribution in [2.24, 2.45) is 0 Å². The Hall–Kier alpha value is -1.78. The van der Waals surface area contributed by atoms with E-state index in [9.17, 15) is 9.59 Å². The minimum atomic E-state index is -0.482. The highest BCUT2D eigenvalue weighted by Crippen LogP contribution is 2.11. The molecule has 1 aromatic heterocycles. The van der Waals surface area contributed by atoms with Gasteiger partial charge in [0.15, 0.2) is 0 Å². The van der Waals surface area contributed by atoms with Gasteiger partial charge >= 0.3 is 11.6 Å². The third-order valence-electron chi connectivity index (χ3n) is 2.41. The van der Waals surface area contributed by atoms with E-state index in [1.807, 2.05) is 18.7 Å². The molecule has 94 valence electrons. The first-order valence-electron chi connectivity index (χ1n) is 5.68. The van der Waals surface area contributed by atoms with E-state index in [0.29, 0.717) is 25.4 Å². The molecule has 0 unspecified atom stereocenters. The predicted octanol–water partition coefficient (Wildman–Crippen LogP) is 1.66. The quantitative estimate of drug-likeness (QED) is 0.731. The number of carbonyl (C=O) groups is 1. The molecule has 0 N–H and O–H groups in total. The Morgan fingerprint density at radius 2 is 2.00 bits per heavy atom. The summed E-state index contributed by atoms with van der Waals surface area (Å²) in [5, 5.41) is 0. The molecule has 0 bridgehead atoms. The van der Waals surface area contributed by atoms with Crippen LogP contribution in [0.25, 0.3) is 0 Å². The average molecular weight is 239 g/mol. The number of hydrogen-bond donors (Lipinski definition) is 0. The van der Waals surface area contributed by atoms with Gasteiger partial charge in [-0.2, -0.15) is 0 Å². The van der Waals surface area contributed by atoms with Crippen molar-refractivity contribution in [3.05, 3.63) is 28.3 Å². The zero-order valence-corrected chi connectivity index (χ0v) is 10.4. The summed E-state index contributed by atoms with van der Waals surface area (Å²) in [5.74, 6) is -0.482. The molecule has 0 amide bonds. The largest absolute Gasteiger partial charge is 0.462 e. The maximum Gasteiger partial charge on any atom is 0.359 e. The third-order valence-corrected chi connectivity index (χ3v) is 2.41. The van der Waals surface area contributed by atoms with Gasteiger partial charge in [0.05, 0.1) is 12.2 Å². The lowest BCUT2D eigenvalue weighted by Crippen LogP contribution is -2.27. The summed E-state index contributed by atoms with van der Waals surface area (Å²) in [6, 6.07) is 1.51. The van der Waals surface area contributed by atoms with Gasteiger partial charge in [0, 0.05) is 13.1 Å². The van der Waals surface area contributed by atoms with E-state index >= 15 is 0 Å². The Kier molecular flexibility index (Phi) is 4.75. The van der Waals surface area contributed by atoms with Crippen molar-refractivity contribution in [3.63, 3.8) is 0 Å². The fraction of sp³-hybridized carbons (Fsp3) is 0.500. The number of rotatable bonds is 5. The summed E-state index contributed by atoms with van der Waals surface area (Å²) >= 11 is 0. The summed E-state index contributed by atoms with van der Waals surface area (Å²) in [6.45, 7) is 7.22. The molecule has 0 aliphatic heterocycles. The molecule has 0 aromatic carbocycles. The van der Waals surface area contributed by atoms with Crippen molar-refractivity contribution in [1.82, 2.24) is 0 Å². The van der Waals surface area contributed by atoms with Crippen LogP contribution in [-0.2, 0) is 4.74 Å². The molecule has 0 radical (unpaired) electrons. The average Bonchev–Trinajstić information content (AvgIpc) is 2.33. The second-order valence-electron chi connectivity index (χ2n) is 3.40. The normalized spacial score (nSPS) is 10.1. The monoisotopic (exact) mass is 239 g/mol. The van der Waals surface area contributed by atoms with Crippen LogP contribution in [0.15, 0.2) is 21.5 Å². The molecule has 17 heavy (non-hydrogen) atoms. The lowest BCUT2D eigenvalue weighted by atomic mass is 10.2. The van der Waals surface area contributed by atoms with Crippen molar-refractivity contribution >= 4 is 11.7 Å². The summed E-state index contributed by atoms with van der Waals surface area (Å²) in [5.41, 5.74) is 0.204. The molecule has 1 aromatic rings. The van der Waals surface area contributed by atoms with E-state index in [-0.39, 0.29) is 5.56 Å². The first kappa shape index (κ1) is 13.3. The standard InChI is InChI=1S/C12H17NO4/c1-4-13(5-2)10-7-9(8-17-12(10)15)11(14)16-6-3/h7-8H,4-6H2,1-3H3. The summed E-state index contributed by atoms with van der Waals surface area (Å²) in [7, 11) is 0. The molecule has 1 rings (SSSR count). The maximum atomic E-state index is 11.6. The SMILES string of the molecule is CCOC(=O)c1coc(=O)c(N(CC)CC)c1. The highest BCUT2D eigenvalue weighted by molar-refractivity contribution is 5.89. The second-order valence-corrected chi connectivity index (χ2v) is 3.40. The van der Waals surface area contributed by atoms with Gasteiger partial charge in [0.25, 0.3) is 0 Å².